The lowest BCUT2D eigenvalue weighted by molar-refractivity contribution is -0.132. The van der Waals surface area contributed by atoms with Gasteiger partial charge in [-0.25, -0.2) is 4.98 Å². The molecule has 2 atom stereocenters. The first-order valence-corrected chi connectivity index (χ1v) is 8.80. The van der Waals surface area contributed by atoms with Gasteiger partial charge in [-0.3, -0.25) is 4.79 Å². The number of hydrogen-bond donors (Lipinski definition) is 0. The van der Waals surface area contributed by atoms with Crippen molar-refractivity contribution in [1.82, 2.24) is 9.88 Å². The summed E-state index contributed by atoms with van der Waals surface area (Å²) in [5.74, 6) is 1.13. The third-order valence-corrected chi connectivity index (χ3v) is 4.87. The molecule has 0 aromatic carbocycles. The van der Waals surface area contributed by atoms with Crippen molar-refractivity contribution in [2.24, 2.45) is 0 Å². The Morgan fingerprint density at radius 3 is 2.74 bits per heavy atom. The van der Waals surface area contributed by atoms with Crippen LogP contribution in [-0.2, 0) is 9.53 Å². The third-order valence-electron chi connectivity index (χ3n) is 4.66. The molecule has 0 saturated carbocycles. The Labute approximate surface area is 142 Å². The lowest BCUT2D eigenvalue weighted by Gasteiger charge is -2.35. The minimum absolute atomic E-state index is 0.242. The monoisotopic (exact) mass is 337 g/mol. The summed E-state index contributed by atoms with van der Waals surface area (Å²) in [5.41, 5.74) is 0. The van der Waals surface area contributed by atoms with Crippen LogP contribution in [0, 0.1) is 0 Å². The summed E-state index contributed by atoms with van der Waals surface area (Å²) < 4.78 is 5.79. The van der Waals surface area contributed by atoms with Gasteiger partial charge in [-0.05, 0) is 38.3 Å². The van der Waals surface area contributed by atoms with E-state index in [4.69, 9.17) is 16.3 Å². The Morgan fingerprint density at radius 2 is 2.09 bits per heavy atom. The molecule has 23 heavy (non-hydrogen) atoms. The van der Waals surface area contributed by atoms with E-state index in [2.05, 4.69) is 16.8 Å². The Balaban J connectivity index is 1.44. The molecule has 0 radical (unpaired) electrons. The molecule has 1 aromatic heterocycles. The fourth-order valence-electron chi connectivity index (χ4n) is 3.30. The first-order chi connectivity index (χ1) is 11.1. The number of carbonyl (C=O) groups is 1. The first kappa shape index (κ1) is 16.5. The average Bonchev–Trinajstić information content (AvgIpc) is 2.98. The van der Waals surface area contributed by atoms with Crippen LogP contribution in [0.1, 0.15) is 32.6 Å². The second kappa shape index (κ2) is 7.49. The maximum atomic E-state index is 12.3. The average molecular weight is 338 g/mol. The summed E-state index contributed by atoms with van der Waals surface area (Å²) in [6.45, 7) is 5.20. The fraction of sp³-hybridized carbons (Fsp3) is 0.647. The molecule has 1 aromatic rings. The molecule has 2 saturated heterocycles. The van der Waals surface area contributed by atoms with Gasteiger partial charge >= 0.3 is 0 Å². The third kappa shape index (κ3) is 4.36. The SMILES string of the molecule is C[C@@H]1CC[C@@H](CCC(=O)N2CCN(c3cccc(Cl)n3)CC2)O1. The zero-order valence-electron chi connectivity index (χ0n) is 13.6. The van der Waals surface area contributed by atoms with Crippen LogP contribution in [0.15, 0.2) is 18.2 Å². The number of nitrogens with zero attached hydrogens (tertiary/aromatic N) is 3. The van der Waals surface area contributed by atoms with Crippen LogP contribution in [-0.4, -0.2) is 54.2 Å². The van der Waals surface area contributed by atoms with E-state index in [9.17, 15) is 4.79 Å². The maximum Gasteiger partial charge on any atom is 0.222 e. The number of anilines is 1. The van der Waals surface area contributed by atoms with E-state index in [0.29, 0.717) is 17.7 Å². The molecule has 2 fully saturated rings. The van der Waals surface area contributed by atoms with Crippen LogP contribution < -0.4 is 4.90 Å². The van der Waals surface area contributed by atoms with Gasteiger partial charge in [0.25, 0.3) is 0 Å². The molecule has 0 bridgehead atoms. The quantitative estimate of drug-likeness (QED) is 0.792. The summed E-state index contributed by atoms with van der Waals surface area (Å²) in [4.78, 5) is 20.8. The van der Waals surface area contributed by atoms with Crippen LogP contribution >= 0.6 is 11.6 Å². The Bertz CT molecular complexity index is 546. The fourth-order valence-corrected chi connectivity index (χ4v) is 3.46. The van der Waals surface area contributed by atoms with Crippen LogP contribution in [0.4, 0.5) is 5.82 Å². The number of ether oxygens (including phenoxy) is 1. The molecule has 6 heteroatoms. The summed E-state index contributed by atoms with van der Waals surface area (Å²) in [7, 11) is 0. The molecular weight excluding hydrogens is 314 g/mol. The Hall–Kier alpha value is -1.33. The van der Waals surface area contributed by atoms with E-state index in [1.807, 2.05) is 17.0 Å². The molecule has 0 spiro atoms. The minimum atomic E-state index is 0.242. The highest BCUT2D eigenvalue weighted by Gasteiger charge is 2.25. The van der Waals surface area contributed by atoms with Gasteiger partial charge in [0.1, 0.15) is 11.0 Å². The predicted molar refractivity (Wildman–Crippen MR) is 90.8 cm³/mol. The van der Waals surface area contributed by atoms with Crippen molar-refractivity contribution in [3.63, 3.8) is 0 Å². The van der Waals surface area contributed by atoms with Gasteiger partial charge < -0.3 is 14.5 Å². The second-order valence-corrected chi connectivity index (χ2v) is 6.76. The summed E-state index contributed by atoms with van der Waals surface area (Å²) >= 11 is 5.94. The smallest absolute Gasteiger partial charge is 0.222 e. The number of aromatic nitrogens is 1. The predicted octanol–water partition coefficient (Wildman–Crippen LogP) is 2.73. The van der Waals surface area contributed by atoms with Crippen LogP contribution in [0.25, 0.3) is 0 Å². The zero-order valence-corrected chi connectivity index (χ0v) is 14.3. The topological polar surface area (TPSA) is 45.7 Å². The van der Waals surface area contributed by atoms with E-state index in [1.165, 1.54) is 0 Å². The van der Waals surface area contributed by atoms with Gasteiger partial charge in [-0.1, -0.05) is 17.7 Å². The van der Waals surface area contributed by atoms with E-state index in [0.717, 1.165) is 51.3 Å². The summed E-state index contributed by atoms with van der Waals surface area (Å²) in [6.07, 6.45) is 4.26. The number of carbonyl (C=O) groups excluding carboxylic acids is 1. The number of rotatable bonds is 4. The van der Waals surface area contributed by atoms with Crippen LogP contribution in [0.2, 0.25) is 5.15 Å². The summed E-state index contributed by atoms with van der Waals surface area (Å²) in [5, 5.41) is 0.506. The molecule has 3 rings (SSSR count). The van der Waals surface area contributed by atoms with Gasteiger partial charge in [0.2, 0.25) is 5.91 Å². The van der Waals surface area contributed by atoms with Gasteiger partial charge in [0, 0.05) is 32.6 Å². The van der Waals surface area contributed by atoms with Gasteiger partial charge in [0.15, 0.2) is 0 Å². The van der Waals surface area contributed by atoms with Crippen molar-refractivity contribution in [2.75, 3.05) is 31.1 Å². The van der Waals surface area contributed by atoms with Crippen molar-refractivity contribution in [2.45, 2.75) is 44.8 Å². The highest BCUT2D eigenvalue weighted by Crippen LogP contribution is 2.23. The van der Waals surface area contributed by atoms with Gasteiger partial charge in [-0.2, -0.15) is 0 Å². The number of pyridine rings is 1. The van der Waals surface area contributed by atoms with Gasteiger partial charge in [-0.15, -0.1) is 0 Å². The highest BCUT2D eigenvalue weighted by atomic mass is 35.5. The van der Waals surface area contributed by atoms with E-state index in [1.54, 1.807) is 6.07 Å². The highest BCUT2D eigenvalue weighted by molar-refractivity contribution is 6.29. The molecule has 5 nitrogen and oxygen atoms in total. The molecule has 0 N–H and O–H groups in total. The van der Waals surface area contributed by atoms with Crippen LogP contribution in [0.3, 0.4) is 0 Å². The molecule has 0 aliphatic carbocycles. The first-order valence-electron chi connectivity index (χ1n) is 8.42. The van der Waals surface area contributed by atoms with Crippen molar-refractivity contribution >= 4 is 23.3 Å². The van der Waals surface area contributed by atoms with Crippen molar-refractivity contribution in [3.8, 4) is 0 Å². The molecule has 3 heterocycles. The molecule has 126 valence electrons. The second-order valence-electron chi connectivity index (χ2n) is 6.37. The number of hydrogen-bond acceptors (Lipinski definition) is 4. The largest absolute Gasteiger partial charge is 0.375 e. The van der Waals surface area contributed by atoms with Crippen molar-refractivity contribution in [1.29, 1.82) is 0 Å². The lowest BCUT2D eigenvalue weighted by atomic mass is 10.1. The van der Waals surface area contributed by atoms with Crippen molar-refractivity contribution < 1.29 is 9.53 Å². The van der Waals surface area contributed by atoms with Crippen molar-refractivity contribution in [3.05, 3.63) is 23.4 Å². The molecule has 2 aliphatic heterocycles. The Kier molecular flexibility index (Phi) is 5.38. The molecular formula is C17H24ClN3O2. The van der Waals surface area contributed by atoms with E-state index in [-0.39, 0.29) is 12.0 Å². The zero-order chi connectivity index (χ0) is 16.2. The number of halogens is 1. The minimum Gasteiger partial charge on any atom is -0.375 e. The Morgan fingerprint density at radius 1 is 1.30 bits per heavy atom. The molecule has 2 aliphatic rings. The normalized spacial score (nSPS) is 25.0. The summed E-state index contributed by atoms with van der Waals surface area (Å²) in [6, 6.07) is 5.64. The lowest BCUT2D eigenvalue weighted by Crippen LogP contribution is -2.49. The van der Waals surface area contributed by atoms with Gasteiger partial charge in [0.05, 0.1) is 12.2 Å². The maximum absolute atomic E-state index is 12.3. The standard InChI is InChI=1S/C17H24ClN3O2/c1-13-5-6-14(23-13)7-8-17(22)21-11-9-20(10-12-21)16-4-2-3-15(18)19-16/h2-4,13-14H,5-12H2,1H3/t13-,14+/m1/s1. The molecule has 0 unspecified atom stereocenters. The van der Waals surface area contributed by atoms with E-state index >= 15 is 0 Å². The molecule has 1 amide bonds. The van der Waals surface area contributed by atoms with E-state index < -0.39 is 0 Å². The number of amides is 1. The number of piperazine rings is 1. The van der Waals surface area contributed by atoms with Crippen LogP contribution in [0.5, 0.6) is 0 Å².